The average molecular weight is 489 g/mol. The molecule has 2 aromatic carbocycles. The summed E-state index contributed by atoms with van der Waals surface area (Å²) in [5.74, 6) is 0.939. The van der Waals surface area contributed by atoms with Crippen LogP contribution in [-0.4, -0.2) is 41.9 Å². The predicted molar refractivity (Wildman–Crippen MR) is 128 cm³/mol. The van der Waals surface area contributed by atoms with E-state index < -0.39 is 5.82 Å². The van der Waals surface area contributed by atoms with E-state index in [4.69, 9.17) is 25.8 Å². The molecular formula is C24H26ClFN4O4. The van der Waals surface area contributed by atoms with Crippen LogP contribution < -0.4 is 20.1 Å². The van der Waals surface area contributed by atoms with Crippen molar-refractivity contribution in [2.45, 2.75) is 44.8 Å². The van der Waals surface area contributed by atoms with Gasteiger partial charge in [-0.2, -0.15) is 0 Å². The van der Waals surface area contributed by atoms with Crippen molar-refractivity contribution in [2.24, 2.45) is 0 Å². The quantitative estimate of drug-likeness (QED) is 0.446. The third-order valence-electron chi connectivity index (χ3n) is 5.69. The second kappa shape index (κ2) is 10.7. The number of rotatable bonds is 7. The fourth-order valence-corrected chi connectivity index (χ4v) is 4.16. The Balaban J connectivity index is 1.53. The minimum atomic E-state index is -0.561. The lowest BCUT2D eigenvalue weighted by atomic mass is 9.93. The van der Waals surface area contributed by atoms with Crippen molar-refractivity contribution < 1.29 is 23.4 Å². The van der Waals surface area contributed by atoms with Gasteiger partial charge in [0.1, 0.15) is 12.1 Å². The highest BCUT2D eigenvalue weighted by atomic mass is 35.5. The number of ether oxygens (including phenoxy) is 3. The summed E-state index contributed by atoms with van der Waals surface area (Å²) in [5.41, 5.74) is 0.824. The van der Waals surface area contributed by atoms with Crippen molar-refractivity contribution in [3.05, 3.63) is 47.5 Å². The molecule has 2 N–H and O–H groups in total. The van der Waals surface area contributed by atoms with Crippen LogP contribution in [0.3, 0.4) is 0 Å². The Hall–Kier alpha value is -3.33. The second-order valence-corrected chi connectivity index (χ2v) is 8.33. The minimum absolute atomic E-state index is 0.0158. The monoisotopic (exact) mass is 488 g/mol. The third kappa shape index (κ3) is 5.41. The molecule has 1 aliphatic rings. The van der Waals surface area contributed by atoms with Gasteiger partial charge in [0, 0.05) is 17.5 Å². The van der Waals surface area contributed by atoms with E-state index in [-0.39, 0.29) is 28.9 Å². The normalized spacial score (nSPS) is 17.8. The Kier molecular flexibility index (Phi) is 7.52. The number of hydrogen-bond donors (Lipinski definition) is 2. The number of hydrogen-bond acceptors (Lipinski definition) is 7. The summed E-state index contributed by atoms with van der Waals surface area (Å²) in [5, 5.41) is 6.55. The van der Waals surface area contributed by atoms with E-state index in [9.17, 15) is 9.18 Å². The van der Waals surface area contributed by atoms with E-state index in [1.54, 1.807) is 38.3 Å². The van der Waals surface area contributed by atoms with Gasteiger partial charge >= 0.3 is 6.09 Å². The molecule has 8 nitrogen and oxygen atoms in total. The Morgan fingerprint density at radius 1 is 1.18 bits per heavy atom. The Labute approximate surface area is 201 Å². The largest absolute Gasteiger partial charge is 0.493 e. The standard InChI is InChI=1S/C24H26ClFN4O4/c1-3-33-24(31)29-14-7-9-15(10-8-14)34-21-11-16-19(12-20(21)32-2)27-13-28-23(16)30-18-6-4-5-17(25)22(18)26/h4-6,11-15H,3,7-10H2,1-2H3,(H,29,31)(H,27,28,30). The summed E-state index contributed by atoms with van der Waals surface area (Å²) in [6, 6.07) is 8.34. The molecule has 0 unspecified atom stereocenters. The molecule has 180 valence electrons. The number of methoxy groups -OCH3 is 1. The van der Waals surface area contributed by atoms with Gasteiger partial charge < -0.3 is 24.8 Å². The van der Waals surface area contributed by atoms with Crippen molar-refractivity contribution in [2.75, 3.05) is 19.0 Å². The van der Waals surface area contributed by atoms with Crippen molar-refractivity contribution in [1.82, 2.24) is 15.3 Å². The highest BCUT2D eigenvalue weighted by molar-refractivity contribution is 6.31. The number of halogens is 2. The fourth-order valence-electron chi connectivity index (χ4n) is 3.99. The Morgan fingerprint density at radius 3 is 2.71 bits per heavy atom. The van der Waals surface area contributed by atoms with Crippen molar-refractivity contribution in [3.8, 4) is 11.5 Å². The zero-order valence-corrected chi connectivity index (χ0v) is 19.7. The maximum absolute atomic E-state index is 14.4. The molecular weight excluding hydrogens is 463 g/mol. The van der Waals surface area contributed by atoms with Crippen LogP contribution in [0.15, 0.2) is 36.7 Å². The number of amides is 1. The van der Waals surface area contributed by atoms with Crippen LogP contribution in [0, 0.1) is 5.82 Å². The highest BCUT2D eigenvalue weighted by Gasteiger charge is 2.25. The van der Waals surface area contributed by atoms with Crippen LogP contribution in [0.25, 0.3) is 10.9 Å². The lowest BCUT2D eigenvalue weighted by Gasteiger charge is -2.29. The van der Waals surface area contributed by atoms with Crippen molar-refractivity contribution >= 4 is 40.1 Å². The molecule has 0 radical (unpaired) electrons. The number of carbonyl (C=O) groups is 1. The number of benzene rings is 2. The first kappa shape index (κ1) is 23.8. The molecule has 0 bridgehead atoms. The van der Waals surface area contributed by atoms with E-state index in [1.165, 1.54) is 12.4 Å². The van der Waals surface area contributed by atoms with Crippen LogP contribution in [0.5, 0.6) is 11.5 Å². The molecule has 1 amide bonds. The number of aromatic nitrogens is 2. The first-order valence-electron chi connectivity index (χ1n) is 11.1. The molecule has 34 heavy (non-hydrogen) atoms. The molecule has 10 heteroatoms. The summed E-state index contributed by atoms with van der Waals surface area (Å²) < 4.78 is 31.2. The molecule has 0 aliphatic heterocycles. The zero-order chi connectivity index (χ0) is 24.1. The van der Waals surface area contributed by atoms with Crippen LogP contribution in [0.1, 0.15) is 32.6 Å². The lowest BCUT2D eigenvalue weighted by molar-refractivity contribution is 0.120. The molecule has 1 aliphatic carbocycles. The van der Waals surface area contributed by atoms with Gasteiger partial charge in [0.15, 0.2) is 17.3 Å². The van der Waals surface area contributed by atoms with Crippen LogP contribution in [0.2, 0.25) is 5.02 Å². The van der Waals surface area contributed by atoms with Gasteiger partial charge in [0.05, 0.1) is 36.0 Å². The van der Waals surface area contributed by atoms with Crippen LogP contribution in [-0.2, 0) is 4.74 Å². The average Bonchev–Trinajstić information content (AvgIpc) is 2.83. The van der Waals surface area contributed by atoms with Crippen molar-refractivity contribution in [1.29, 1.82) is 0 Å². The maximum Gasteiger partial charge on any atom is 0.407 e. The molecule has 3 aromatic rings. The number of anilines is 2. The van der Waals surface area contributed by atoms with Gasteiger partial charge in [-0.25, -0.2) is 19.2 Å². The van der Waals surface area contributed by atoms with Crippen LogP contribution >= 0.6 is 11.6 Å². The number of nitrogens with one attached hydrogen (secondary N) is 2. The minimum Gasteiger partial charge on any atom is -0.493 e. The summed E-state index contributed by atoms with van der Waals surface area (Å²) in [6.07, 6.45) is 4.06. The molecule has 0 atom stereocenters. The molecule has 1 heterocycles. The van der Waals surface area contributed by atoms with E-state index in [0.717, 1.165) is 25.7 Å². The summed E-state index contributed by atoms with van der Waals surface area (Å²) in [6.45, 7) is 2.12. The highest BCUT2D eigenvalue weighted by Crippen LogP contribution is 2.37. The van der Waals surface area contributed by atoms with Gasteiger partial charge in [0.2, 0.25) is 0 Å². The molecule has 0 saturated heterocycles. The Morgan fingerprint density at radius 2 is 1.97 bits per heavy atom. The molecule has 0 spiro atoms. The fraction of sp³-hybridized carbons (Fsp3) is 0.375. The van der Waals surface area contributed by atoms with E-state index in [1.807, 2.05) is 0 Å². The molecule has 1 fully saturated rings. The number of nitrogens with zero attached hydrogens (tertiary/aromatic N) is 2. The molecule has 4 rings (SSSR count). The van der Waals surface area contributed by atoms with Crippen molar-refractivity contribution in [3.63, 3.8) is 0 Å². The lowest BCUT2D eigenvalue weighted by Crippen LogP contribution is -2.40. The second-order valence-electron chi connectivity index (χ2n) is 7.93. The Bertz CT molecular complexity index is 1170. The van der Waals surface area contributed by atoms with Crippen LogP contribution in [0.4, 0.5) is 20.7 Å². The molecule has 1 aromatic heterocycles. The van der Waals surface area contributed by atoms with Gasteiger partial charge in [0.25, 0.3) is 0 Å². The van der Waals surface area contributed by atoms with Gasteiger partial charge in [-0.15, -0.1) is 0 Å². The SMILES string of the molecule is CCOC(=O)NC1CCC(Oc2cc3c(Nc4cccc(Cl)c4F)ncnc3cc2OC)CC1. The smallest absolute Gasteiger partial charge is 0.407 e. The van der Waals surface area contributed by atoms with Gasteiger partial charge in [-0.05, 0) is 50.8 Å². The first-order valence-corrected chi connectivity index (χ1v) is 11.5. The first-order chi connectivity index (χ1) is 16.5. The summed E-state index contributed by atoms with van der Waals surface area (Å²) in [4.78, 5) is 20.3. The number of carbonyl (C=O) groups excluding carboxylic acids is 1. The third-order valence-corrected chi connectivity index (χ3v) is 5.98. The van der Waals surface area contributed by atoms with Gasteiger partial charge in [-0.3, -0.25) is 0 Å². The number of alkyl carbamates (subject to hydrolysis) is 1. The van der Waals surface area contributed by atoms with E-state index >= 15 is 0 Å². The topological polar surface area (TPSA) is 94.6 Å². The van der Waals surface area contributed by atoms with Gasteiger partial charge in [-0.1, -0.05) is 17.7 Å². The summed E-state index contributed by atoms with van der Waals surface area (Å²) >= 11 is 5.91. The van der Waals surface area contributed by atoms with E-state index in [0.29, 0.717) is 34.8 Å². The maximum atomic E-state index is 14.4. The molecule has 1 saturated carbocycles. The zero-order valence-electron chi connectivity index (χ0n) is 18.9. The number of fused-ring (bicyclic) bond motifs is 1. The van der Waals surface area contributed by atoms with E-state index in [2.05, 4.69) is 20.6 Å². The summed E-state index contributed by atoms with van der Waals surface area (Å²) in [7, 11) is 1.57. The predicted octanol–water partition coefficient (Wildman–Crippen LogP) is 5.61.